The molecule has 0 spiro atoms. The van der Waals surface area contributed by atoms with Crippen molar-refractivity contribution in [1.82, 2.24) is 9.03 Å². The van der Waals surface area contributed by atoms with Gasteiger partial charge in [-0.3, -0.25) is 0 Å². The molecule has 1 heterocycles. The maximum Gasteiger partial charge on any atom is 0.335 e. The molecule has 98 valence electrons. The minimum absolute atomic E-state index is 0.178. The summed E-state index contributed by atoms with van der Waals surface area (Å²) < 4.78 is 26.9. The van der Waals surface area contributed by atoms with Crippen LogP contribution in [0.4, 0.5) is 0 Å². The first-order chi connectivity index (χ1) is 8.44. The van der Waals surface area contributed by atoms with Gasteiger partial charge in [-0.15, -0.1) is 0 Å². The van der Waals surface area contributed by atoms with Crippen LogP contribution in [0.1, 0.15) is 21.5 Å². The van der Waals surface area contributed by atoms with Crippen molar-refractivity contribution in [3.63, 3.8) is 0 Å². The lowest BCUT2D eigenvalue weighted by Gasteiger charge is -2.27. The number of fused-ring (bicyclic) bond motifs is 1. The third kappa shape index (κ3) is 2.38. The van der Waals surface area contributed by atoms with Crippen molar-refractivity contribution in [1.29, 1.82) is 0 Å². The number of carboxylic acid groups (broad SMARTS) is 1. The summed E-state index contributed by atoms with van der Waals surface area (Å²) in [4.78, 5) is 10.9. The normalized spacial score (nSPS) is 16.3. The van der Waals surface area contributed by atoms with Gasteiger partial charge in [-0.2, -0.15) is 12.7 Å². The smallest absolute Gasteiger partial charge is 0.335 e. The van der Waals surface area contributed by atoms with Gasteiger partial charge in [-0.1, -0.05) is 6.07 Å². The van der Waals surface area contributed by atoms with Crippen molar-refractivity contribution in [2.75, 3.05) is 13.6 Å². The van der Waals surface area contributed by atoms with Crippen molar-refractivity contribution in [2.45, 2.75) is 13.0 Å². The Hall–Kier alpha value is -1.44. The topological polar surface area (TPSA) is 86.7 Å². The molecule has 0 fully saturated rings. The predicted octanol–water partition coefficient (Wildman–Crippen LogP) is 0.207. The van der Waals surface area contributed by atoms with Crippen LogP contribution in [0.25, 0.3) is 0 Å². The van der Waals surface area contributed by atoms with Crippen molar-refractivity contribution in [3.05, 3.63) is 34.9 Å². The summed E-state index contributed by atoms with van der Waals surface area (Å²) in [6.45, 7) is 0.613. The summed E-state index contributed by atoms with van der Waals surface area (Å²) in [5.41, 5.74) is 1.93. The molecular formula is C11H14N2O4S. The fraction of sp³-hybridized carbons (Fsp3) is 0.364. The third-order valence-electron chi connectivity index (χ3n) is 3.03. The highest BCUT2D eigenvalue weighted by Gasteiger charge is 2.25. The fourth-order valence-corrected chi connectivity index (χ4v) is 2.90. The Balaban J connectivity index is 2.33. The van der Waals surface area contributed by atoms with E-state index in [0.29, 0.717) is 13.0 Å². The van der Waals surface area contributed by atoms with E-state index in [9.17, 15) is 13.2 Å². The number of nitrogens with zero attached hydrogens (tertiary/aromatic N) is 1. The zero-order valence-electron chi connectivity index (χ0n) is 9.88. The van der Waals surface area contributed by atoms with E-state index in [1.54, 1.807) is 12.1 Å². The number of nitrogens with one attached hydrogen (secondary N) is 1. The quantitative estimate of drug-likeness (QED) is 0.822. The Kier molecular flexibility index (Phi) is 3.38. The Morgan fingerprint density at radius 2 is 2.11 bits per heavy atom. The molecule has 1 aliphatic rings. The number of benzene rings is 1. The van der Waals surface area contributed by atoms with E-state index in [-0.39, 0.29) is 12.1 Å². The van der Waals surface area contributed by atoms with Gasteiger partial charge in [-0.05, 0) is 29.7 Å². The van der Waals surface area contributed by atoms with E-state index in [4.69, 9.17) is 5.11 Å². The molecule has 0 atom stereocenters. The van der Waals surface area contributed by atoms with E-state index >= 15 is 0 Å². The maximum absolute atomic E-state index is 11.7. The minimum atomic E-state index is -3.46. The molecule has 7 heteroatoms. The molecule has 6 nitrogen and oxygen atoms in total. The van der Waals surface area contributed by atoms with Crippen LogP contribution in [0.15, 0.2) is 18.2 Å². The number of rotatable bonds is 3. The molecular weight excluding hydrogens is 256 g/mol. The van der Waals surface area contributed by atoms with Crippen molar-refractivity contribution >= 4 is 16.2 Å². The lowest BCUT2D eigenvalue weighted by molar-refractivity contribution is 0.0696. The van der Waals surface area contributed by atoms with Gasteiger partial charge in [0.15, 0.2) is 0 Å². The van der Waals surface area contributed by atoms with Crippen molar-refractivity contribution in [3.8, 4) is 0 Å². The monoisotopic (exact) mass is 270 g/mol. The van der Waals surface area contributed by atoms with Gasteiger partial charge in [-0.25, -0.2) is 9.52 Å². The SMILES string of the molecule is CNS(=O)(=O)N1CCc2ccc(C(=O)O)cc2C1. The Bertz CT molecular complexity index is 583. The first kappa shape index (κ1) is 13.0. The molecule has 0 unspecified atom stereocenters. The van der Waals surface area contributed by atoms with Gasteiger partial charge in [0, 0.05) is 20.1 Å². The third-order valence-corrected chi connectivity index (χ3v) is 4.54. The van der Waals surface area contributed by atoms with Crippen LogP contribution in [0.5, 0.6) is 0 Å². The summed E-state index contributed by atoms with van der Waals surface area (Å²) >= 11 is 0. The second-order valence-electron chi connectivity index (χ2n) is 4.08. The molecule has 0 amide bonds. The van der Waals surface area contributed by atoms with Crippen LogP contribution < -0.4 is 4.72 Å². The van der Waals surface area contributed by atoms with Gasteiger partial charge in [0.1, 0.15) is 0 Å². The molecule has 0 radical (unpaired) electrons. The zero-order chi connectivity index (χ0) is 13.3. The average molecular weight is 270 g/mol. The molecule has 0 saturated carbocycles. The van der Waals surface area contributed by atoms with E-state index in [1.165, 1.54) is 17.4 Å². The zero-order valence-corrected chi connectivity index (χ0v) is 10.7. The molecule has 0 aromatic heterocycles. The first-order valence-electron chi connectivity index (χ1n) is 5.48. The largest absolute Gasteiger partial charge is 0.478 e. The number of carboxylic acids is 1. The first-order valence-corrected chi connectivity index (χ1v) is 6.92. The van der Waals surface area contributed by atoms with Gasteiger partial charge < -0.3 is 5.11 Å². The summed E-state index contributed by atoms with van der Waals surface area (Å²) in [6, 6.07) is 4.83. The van der Waals surface area contributed by atoms with Crippen LogP contribution in [0.3, 0.4) is 0 Å². The second kappa shape index (κ2) is 4.68. The van der Waals surface area contributed by atoms with E-state index < -0.39 is 16.2 Å². The van der Waals surface area contributed by atoms with Crippen LogP contribution in [-0.2, 0) is 23.2 Å². The number of carbonyl (C=O) groups is 1. The summed E-state index contributed by atoms with van der Waals surface area (Å²) in [5, 5.41) is 8.91. The molecule has 1 aromatic rings. The number of hydrogen-bond acceptors (Lipinski definition) is 3. The van der Waals surface area contributed by atoms with Crippen molar-refractivity contribution in [2.24, 2.45) is 0 Å². The van der Waals surface area contributed by atoms with Crippen LogP contribution in [0, 0.1) is 0 Å². The molecule has 2 N–H and O–H groups in total. The van der Waals surface area contributed by atoms with E-state index in [2.05, 4.69) is 4.72 Å². The molecule has 1 aliphatic heterocycles. The standard InChI is InChI=1S/C11H14N2O4S/c1-12-18(16,17)13-5-4-8-2-3-9(11(14)15)6-10(8)7-13/h2-3,6,12H,4-5,7H2,1H3,(H,14,15). The summed E-state index contributed by atoms with van der Waals surface area (Å²) in [6.07, 6.45) is 0.593. The van der Waals surface area contributed by atoms with Crippen LogP contribution in [-0.4, -0.2) is 37.4 Å². The maximum atomic E-state index is 11.7. The average Bonchev–Trinajstić information content (AvgIpc) is 2.37. The molecule has 18 heavy (non-hydrogen) atoms. The minimum Gasteiger partial charge on any atom is -0.478 e. The van der Waals surface area contributed by atoms with Crippen molar-refractivity contribution < 1.29 is 18.3 Å². The Labute approximate surface area is 105 Å². The molecule has 1 aromatic carbocycles. The Morgan fingerprint density at radius 1 is 1.39 bits per heavy atom. The highest BCUT2D eigenvalue weighted by Crippen LogP contribution is 2.21. The Morgan fingerprint density at radius 3 is 2.72 bits per heavy atom. The van der Waals surface area contributed by atoms with Crippen LogP contribution >= 0.6 is 0 Å². The fourth-order valence-electron chi connectivity index (χ4n) is 2.00. The molecule has 2 rings (SSSR count). The van der Waals surface area contributed by atoms with E-state index in [0.717, 1.165) is 11.1 Å². The highest BCUT2D eigenvalue weighted by atomic mass is 32.2. The highest BCUT2D eigenvalue weighted by molar-refractivity contribution is 7.87. The summed E-state index contributed by atoms with van der Waals surface area (Å²) in [5.74, 6) is -1.01. The lowest BCUT2D eigenvalue weighted by atomic mass is 9.99. The van der Waals surface area contributed by atoms with Gasteiger partial charge in [0.05, 0.1) is 5.56 Å². The molecule has 0 bridgehead atoms. The second-order valence-corrected chi connectivity index (χ2v) is 5.96. The molecule has 0 aliphatic carbocycles. The van der Waals surface area contributed by atoms with Gasteiger partial charge >= 0.3 is 5.97 Å². The number of aromatic carboxylic acids is 1. The number of hydrogen-bond donors (Lipinski definition) is 2. The van der Waals surface area contributed by atoms with Crippen LogP contribution in [0.2, 0.25) is 0 Å². The van der Waals surface area contributed by atoms with E-state index in [1.807, 2.05) is 0 Å². The van der Waals surface area contributed by atoms with Gasteiger partial charge in [0.2, 0.25) is 0 Å². The molecule has 0 saturated heterocycles. The van der Waals surface area contributed by atoms with Gasteiger partial charge in [0.25, 0.3) is 10.2 Å². The predicted molar refractivity (Wildman–Crippen MR) is 65.5 cm³/mol. The lowest BCUT2D eigenvalue weighted by Crippen LogP contribution is -2.41. The summed E-state index contributed by atoms with van der Waals surface area (Å²) in [7, 11) is -2.10.